The van der Waals surface area contributed by atoms with Crippen LogP contribution in [-0.4, -0.2) is 0 Å². The maximum absolute atomic E-state index is 9.01. The average Bonchev–Trinajstić information content (AvgIpc) is 3.04. The average molecular weight is 311 g/mol. The molecule has 1 saturated carbocycles. The molecule has 1 N–H and O–H groups in total. The molecule has 0 aromatic heterocycles. The third-order valence-corrected chi connectivity index (χ3v) is 4.79. The number of benzene rings is 2. The van der Waals surface area contributed by atoms with Crippen LogP contribution in [0.4, 0.5) is 0 Å². The molecule has 3 heteroatoms. The van der Waals surface area contributed by atoms with E-state index in [-0.39, 0.29) is 5.54 Å². The Kier molecular flexibility index (Phi) is 4.47. The third kappa shape index (κ3) is 3.16. The summed E-state index contributed by atoms with van der Waals surface area (Å²) in [6, 6.07) is 18.2. The fraction of sp³-hybridized carbons (Fsp3) is 0.316. The highest BCUT2D eigenvalue weighted by Gasteiger charge is 2.34. The van der Waals surface area contributed by atoms with E-state index in [9.17, 15) is 0 Å². The zero-order valence-corrected chi connectivity index (χ0v) is 13.2. The van der Waals surface area contributed by atoms with Crippen molar-refractivity contribution in [1.29, 1.82) is 5.26 Å². The summed E-state index contributed by atoms with van der Waals surface area (Å²) in [5.41, 5.74) is 3.21. The van der Waals surface area contributed by atoms with Gasteiger partial charge < -0.3 is 5.32 Å². The lowest BCUT2D eigenvalue weighted by atomic mass is 9.88. The van der Waals surface area contributed by atoms with Gasteiger partial charge in [-0.15, -0.1) is 0 Å². The summed E-state index contributed by atoms with van der Waals surface area (Å²) in [4.78, 5) is 0. The summed E-state index contributed by atoms with van der Waals surface area (Å²) in [5, 5.41) is 13.5. The van der Waals surface area contributed by atoms with E-state index in [1.54, 1.807) is 0 Å². The summed E-state index contributed by atoms with van der Waals surface area (Å²) >= 11 is 6.02. The minimum absolute atomic E-state index is 0.0350. The van der Waals surface area contributed by atoms with Gasteiger partial charge in [0.05, 0.1) is 11.6 Å². The summed E-state index contributed by atoms with van der Waals surface area (Å²) in [6.07, 6.45) is 4.78. The van der Waals surface area contributed by atoms with Crippen LogP contribution >= 0.6 is 11.6 Å². The van der Waals surface area contributed by atoms with Crippen molar-refractivity contribution < 1.29 is 0 Å². The smallest absolute Gasteiger partial charge is 0.0991 e. The van der Waals surface area contributed by atoms with Gasteiger partial charge in [0.1, 0.15) is 0 Å². The molecular formula is C19H19ClN2. The lowest BCUT2D eigenvalue weighted by Gasteiger charge is -2.31. The Hall–Kier alpha value is -1.82. The first-order chi connectivity index (χ1) is 10.7. The fourth-order valence-electron chi connectivity index (χ4n) is 3.34. The van der Waals surface area contributed by atoms with E-state index in [1.165, 1.54) is 18.4 Å². The summed E-state index contributed by atoms with van der Waals surface area (Å²) in [7, 11) is 0. The molecule has 0 bridgehead atoms. The van der Waals surface area contributed by atoms with Gasteiger partial charge in [-0.2, -0.15) is 5.26 Å². The molecule has 0 atom stereocenters. The Bertz CT molecular complexity index is 679. The van der Waals surface area contributed by atoms with Gasteiger partial charge >= 0.3 is 0 Å². The summed E-state index contributed by atoms with van der Waals surface area (Å²) in [6.45, 7) is 0.776. The Balaban J connectivity index is 1.80. The van der Waals surface area contributed by atoms with Gasteiger partial charge in [-0.1, -0.05) is 48.7 Å². The first-order valence-corrected chi connectivity index (χ1v) is 8.10. The van der Waals surface area contributed by atoms with Gasteiger partial charge in [0.15, 0.2) is 0 Å². The van der Waals surface area contributed by atoms with Crippen LogP contribution in [-0.2, 0) is 12.1 Å². The van der Waals surface area contributed by atoms with Gasteiger partial charge in [-0.05, 0) is 48.2 Å². The van der Waals surface area contributed by atoms with Crippen LogP contribution in [0.2, 0.25) is 5.02 Å². The molecule has 2 aromatic carbocycles. The van der Waals surface area contributed by atoms with E-state index in [4.69, 9.17) is 16.9 Å². The Morgan fingerprint density at radius 1 is 1.09 bits per heavy atom. The lowest BCUT2D eigenvalue weighted by molar-refractivity contribution is 0.339. The number of nitrogens with one attached hydrogen (secondary N) is 1. The molecule has 3 rings (SSSR count). The molecule has 1 fully saturated rings. The molecule has 112 valence electrons. The monoisotopic (exact) mass is 310 g/mol. The van der Waals surface area contributed by atoms with Gasteiger partial charge in [-0.25, -0.2) is 0 Å². The van der Waals surface area contributed by atoms with Crippen LogP contribution in [0.15, 0.2) is 48.5 Å². The summed E-state index contributed by atoms with van der Waals surface area (Å²) in [5.74, 6) is 0. The van der Waals surface area contributed by atoms with Crippen molar-refractivity contribution in [2.75, 3.05) is 0 Å². The zero-order chi connectivity index (χ0) is 15.4. The minimum Gasteiger partial charge on any atom is -0.303 e. The molecule has 0 amide bonds. The van der Waals surface area contributed by atoms with E-state index in [2.05, 4.69) is 29.6 Å². The van der Waals surface area contributed by atoms with Crippen LogP contribution in [0, 0.1) is 11.3 Å². The van der Waals surface area contributed by atoms with Gasteiger partial charge in [0, 0.05) is 17.1 Å². The molecule has 0 saturated heterocycles. The maximum atomic E-state index is 9.01. The highest BCUT2D eigenvalue weighted by atomic mass is 35.5. The van der Waals surface area contributed by atoms with Crippen LogP contribution in [0.1, 0.15) is 42.4 Å². The normalized spacial score (nSPS) is 16.4. The lowest BCUT2D eigenvalue weighted by Crippen LogP contribution is -2.39. The number of nitrogens with zero attached hydrogens (tertiary/aromatic N) is 1. The van der Waals surface area contributed by atoms with Crippen LogP contribution in [0.5, 0.6) is 0 Å². The molecule has 2 aromatic rings. The van der Waals surface area contributed by atoms with Gasteiger partial charge in [-0.3, -0.25) is 0 Å². The highest BCUT2D eigenvalue weighted by molar-refractivity contribution is 6.30. The van der Waals surface area contributed by atoms with E-state index < -0.39 is 0 Å². The SMILES string of the molecule is N#Cc1cccc(CNC2(c3ccc(Cl)cc3)CCCC2)c1. The van der Waals surface area contributed by atoms with Crippen LogP contribution in [0.3, 0.4) is 0 Å². The predicted octanol–water partition coefficient (Wildman–Crippen LogP) is 4.77. The molecule has 22 heavy (non-hydrogen) atoms. The van der Waals surface area contributed by atoms with E-state index in [0.29, 0.717) is 5.56 Å². The van der Waals surface area contributed by atoms with Crippen molar-refractivity contribution in [2.45, 2.75) is 37.8 Å². The van der Waals surface area contributed by atoms with Crippen LogP contribution < -0.4 is 5.32 Å². The molecule has 0 radical (unpaired) electrons. The molecule has 1 aliphatic carbocycles. The van der Waals surface area contributed by atoms with Gasteiger partial charge in [0.2, 0.25) is 0 Å². The van der Waals surface area contributed by atoms with Crippen molar-refractivity contribution in [3.63, 3.8) is 0 Å². The molecule has 1 aliphatic rings. The van der Waals surface area contributed by atoms with E-state index >= 15 is 0 Å². The minimum atomic E-state index is 0.0350. The predicted molar refractivity (Wildman–Crippen MR) is 89.6 cm³/mol. The topological polar surface area (TPSA) is 35.8 Å². The van der Waals surface area contributed by atoms with Crippen molar-refractivity contribution in [2.24, 2.45) is 0 Å². The second-order valence-corrected chi connectivity index (χ2v) is 6.40. The quantitative estimate of drug-likeness (QED) is 0.883. The van der Waals surface area contributed by atoms with E-state index in [0.717, 1.165) is 30.0 Å². The van der Waals surface area contributed by atoms with Crippen molar-refractivity contribution in [3.8, 4) is 6.07 Å². The third-order valence-electron chi connectivity index (χ3n) is 4.54. The molecule has 2 nitrogen and oxygen atoms in total. The maximum Gasteiger partial charge on any atom is 0.0991 e. The van der Waals surface area contributed by atoms with E-state index in [1.807, 2.05) is 30.3 Å². The van der Waals surface area contributed by atoms with Crippen LogP contribution in [0.25, 0.3) is 0 Å². The second-order valence-electron chi connectivity index (χ2n) is 5.96. The molecule has 0 spiro atoms. The Labute approximate surface area is 136 Å². The Morgan fingerprint density at radius 2 is 1.82 bits per heavy atom. The first kappa shape index (κ1) is 15.1. The second kappa shape index (κ2) is 6.52. The fourth-order valence-corrected chi connectivity index (χ4v) is 3.46. The first-order valence-electron chi connectivity index (χ1n) is 7.72. The molecular weight excluding hydrogens is 292 g/mol. The van der Waals surface area contributed by atoms with Crippen molar-refractivity contribution in [1.82, 2.24) is 5.32 Å². The largest absolute Gasteiger partial charge is 0.303 e. The molecule has 0 aliphatic heterocycles. The standard InChI is InChI=1S/C19H19ClN2/c20-18-8-6-17(7-9-18)19(10-1-2-11-19)22-14-16-5-3-4-15(12-16)13-21/h3-9,12,22H,1-2,10-11,14H2. The van der Waals surface area contributed by atoms with Gasteiger partial charge in [0.25, 0.3) is 0 Å². The molecule has 0 unspecified atom stereocenters. The number of halogens is 1. The van der Waals surface area contributed by atoms with Crippen molar-refractivity contribution in [3.05, 3.63) is 70.2 Å². The number of rotatable bonds is 4. The highest BCUT2D eigenvalue weighted by Crippen LogP contribution is 2.39. The zero-order valence-electron chi connectivity index (χ0n) is 12.5. The number of nitriles is 1. The Morgan fingerprint density at radius 3 is 2.50 bits per heavy atom. The summed E-state index contributed by atoms with van der Waals surface area (Å²) < 4.78 is 0. The number of hydrogen-bond acceptors (Lipinski definition) is 2. The molecule has 0 heterocycles. The number of hydrogen-bond donors (Lipinski definition) is 1. The van der Waals surface area contributed by atoms with Crippen molar-refractivity contribution >= 4 is 11.6 Å².